The van der Waals surface area contributed by atoms with Gasteiger partial charge in [0.15, 0.2) is 0 Å². The second-order valence-electron chi connectivity index (χ2n) is 5.67. The Bertz CT molecular complexity index is 728. The molecular weight excluding hydrogens is 302 g/mol. The van der Waals surface area contributed by atoms with Crippen LogP contribution in [-0.2, 0) is 16.0 Å². The van der Waals surface area contributed by atoms with Gasteiger partial charge in [0.1, 0.15) is 6.04 Å². The maximum Gasteiger partial charge on any atom is 0.246 e. The highest BCUT2D eigenvalue weighted by atomic mass is 16.2. The summed E-state index contributed by atoms with van der Waals surface area (Å²) in [5.74, 6) is -0.291. The minimum atomic E-state index is -0.387. The summed E-state index contributed by atoms with van der Waals surface area (Å²) in [4.78, 5) is 23.4. The third-order valence-corrected chi connectivity index (χ3v) is 3.56. The molecule has 2 aromatic carbocycles. The van der Waals surface area contributed by atoms with Crippen molar-refractivity contribution in [3.63, 3.8) is 0 Å². The Morgan fingerprint density at radius 2 is 1.58 bits per heavy atom. The lowest BCUT2D eigenvalue weighted by Crippen LogP contribution is -2.31. The minimum absolute atomic E-state index is 0.142. The van der Waals surface area contributed by atoms with Crippen LogP contribution in [0.4, 0.5) is 17.1 Å². The SMILES string of the molecule is CCc1cccc(N[C@@H](C)C(=O)Nc2cccc(NC(C)=O)c2)c1. The predicted molar refractivity (Wildman–Crippen MR) is 98.3 cm³/mol. The molecule has 0 radical (unpaired) electrons. The highest BCUT2D eigenvalue weighted by Gasteiger charge is 2.13. The van der Waals surface area contributed by atoms with Gasteiger partial charge in [0.05, 0.1) is 0 Å². The fourth-order valence-corrected chi connectivity index (χ4v) is 2.33. The number of amides is 2. The smallest absolute Gasteiger partial charge is 0.246 e. The monoisotopic (exact) mass is 325 g/mol. The zero-order valence-electron chi connectivity index (χ0n) is 14.2. The van der Waals surface area contributed by atoms with Crippen molar-refractivity contribution in [2.45, 2.75) is 33.2 Å². The van der Waals surface area contributed by atoms with Gasteiger partial charge >= 0.3 is 0 Å². The summed E-state index contributed by atoms with van der Waals surface area (Å²) in [6.07, 6.45) is 0.950. The largest absolute Gasteiger partial charge is 0.374 e. The molecule has 0 heterocycles. The Hall–Kier alpha value is -2.82. The van der Waals surface area contributed by atoms with E-state index in [0.29, 0.717) is 11.4 Å². The molecule has 0 bridgehead atoms. The minimum Gasteiger partial charge on any atom is -0.374 e. The molecular formula is C19H23N3O2. The summed E-state index contributed by atoms with van der Waals surface area (Å²) in [6.45, 7) is 5.35. The van der Waals surface area contributed by atoms with Crippen LogP contribution >= 0.6 is 0 Å². The van der Waals surface area contributed by atoms with Gasteiger partial charge in [-0.3, -0.25) is 9.59 Å². The molecule has 0 spiro atoms. The van der Waals surface area contributed by atoms with Crippen LogP contribution in [0.1, 0.15) is 26.3 Å². The average molecular weight is 325 g/mol. The van der Waals surface area contributed by atoms with E-state index in [0.717, 1.165) is 12.1 Å². The zero-order chi connectivity index (χ0) is 17.5. The number of rotatable bonds is 6. The van der Waals surface area contributed by atoms with E-state index in [-0.39, 0.29) is 17.9 Å². The van der Waals surface area contributed by atoms with Crippen LogP contribution in [0.5, 0.6) is 0 Å². The van der Waals surface area contributed by atoms with Gasteiger partial charge in [0.25, 0.3) is 0 Å². The van der Waals surface area contributed by atoms with Crippen LogP contribution in [0.15, 0.2) is 48.5 Å². The summed E-state index contributed by atoms with van der Waals surface area (Å²) in [5, 5.41) is 8.75. The summed E-state index contributed by atoms with van der Waals surface area (Å²) < 4.78 is 0. The van der Waals surface area contributed by atoms with Crippen molar-refractivity contribution in [1.29, 1.82) is 0 Å². The lowest BCUT2D eigenvalue weighted by atomic mass is 10.1. The number of anilines is 3. The average Bonchev–Trinajstić information content (AvgIpc) is 2.54. The van der Waals surface area contributed by atoms with E-state index in [9.17, 15) is 9.59 Å². The van der Waals surface area contributed by atoms with E-state index in [1.165, 1.54) is 12.5 Å². The van der Waals surface area contributed by atoms with Crippen LogP contribution in [-0.4, -0.2) is 17.9 Å². The molecule has 5 heteroatoms. The number of aryl methyl sites for hydroxylation is 1. The molecule has 0 saturated heterocycles. The number of nitrogens with one attached hydrogen (secondary N) is 3. The highest BCUT2D eigenvalue weighted by Crippen LogP contribution is 2.16. The van der Waals surface area contributed by atoms with Crippen molar-refractivity contribution >= 4 is 28.9 Å². The molecule has 5 nitrogen and oxygen atoms in total. The van der Waals surface area contributed by atoms with Gasteiger partial charge < -0.3 is 16.0 Å². The maximum atomic E-state index is 12.3. The zero-order valence-corrected chi connectivity index (χ0v) is 14.2. The first kappa shape index (κ1) is 17.5. The number of hydrogen-bond acceptors (Lipinski definition) is 3. The van der Waals surface area contributed by atoms with Crippen LogP contribution < -0.4 is 16.0 Å². The van der Waals surface area contributed by atoms with E-state index in [1.54, 1.807) is 24.3 Å². The lowest BCUT2D eigenvalue weighted by molar-refractivity contribution is -0.116. The van der Waals surface area contributed by atoms with E-state index < -0.39 is 0 Å². The van der Waals surface area contributed by atoms with Gasteiger partial charge in [-0.05, 0) is 49.2 Å². The van der Waals surface area contributed by atoms with Gasteiger partial charge in [0.2, 0.25) is 11.8 Å². The van der Waals surface area contributed by atoms with E-state index in [4.69, 9.17) is 0 Å². The second kappa shape index (κ2) is 8.15. The first-order chi connectivity index (χ1) is 11.5. The molecule has 126 valence electrons. The van der Waals surface area contributed by atoms with Crippen LogP contribution in [0.2, 0.25) is 0 Å². The normalized spacial score (nSPS) is 11.5. The van der Waals surface area contributed by atoms with E-state index >= 15 is 0 Å². The maximum absolute atomic E-state index is 12.3. The molecule has 1 atom stereocenters. The molecule has 0 aliphatic carbocycles. The third-order valence-electron chi connectivity index (χ3n) is 3.56. The van der Waals surface area contributed by atoms with Crippen LogP contribution in [0.3, 0.4) is 0 Å². The number of benzene rings is 2. The highest BCUT2D eigenvalue weighted by molar-refractivity contribution is 5.97. The first-order valence-electron chi connectivity index (χ1n) is 8.02. The molecule has 24 heavy (non-hydrogen) atoms. The second-order valence-corrected chi connectivity index (χ2v) is 5.67. The topological polar surface area (TPSA) is 70.2 Å². The number of carbonyl (C=O) groups excluding carboxylic acids is 2. The molecule has 0 aliphatic rings. The van der Waals surface area contributed by atoms with Crippen LogP contribution in [0.25, 0.3) is 0 Å². The van der Waals surface area contributed by atoms with E-state index in [1.807, 2.05) is 25.1 Å². The molecule has 3 N–H and O–H groups in total. The van der Waals surface area contributed by atoms with Crippen molar-refractivity contribution in [1.82, 2.24) is 0 Å². The lowest BCUT2D eigenvalue weighted by Gasteiger charge is -2.16. The van der Waals surface area contributed by atoms with Crippen molar-refractivity contribution in [2.24, 2.45) is 0 Å². The Kier molecular flexibility index (Phi) is 5.95. The molecule has 2 amide bonds. The molecule has 0 aliphatic heterocycles. The molecule has 0 saturated carbocycles. The quantitative estimate of drug-likeness (QED) is 0.759. The third kappa shape index (κ3) is 5.12. The molecule has 0 unspecified atom stereocenters. The van der Waals surface area contributed by atoms with Gasteiger partial charge in [-0.2, -0.15) is 0 Å². The van der Waals surface area contributed by atoms with Gasteiger partial charge in [-0.25, -0.2) is 0 Å². The fraction of sp³-hybridized carbons (Fsp3) is 0.263. The van der Waals surface area contributed by atoms with Crippen molar-refractivity contribution in [2.75, 3.05) is 16.0 Å². The van der Waals surface area contributed by atoms with E-state index in [2.05, 4.69) is 28.9 Å². The summed E-state index contributed by atoms with van der Waals surface area (Å²) in [7, 11) is 0. The predicted octanol–water partition coefficient (Wildman–Crippen LogP) is 3.65. The van der Waals surface area contributed by atoms with Gasteiger partial charge in [0, 0.05) is 24.0 Å². The molecule has 2 rings (SSSR count). The standard InChI is InChI=1S/C19H23N3O2/c1-4-15-7-5-8-16(11-15)20-13(2)19(24)22-18-10-6-9-17(12-18)21-14(3)23/h5-13,20H,4H2,1-3H3,(H,21,23)(H,22,24)/t13-/m0/s1. The Morgan fingerprint density at radius 3 is 2.25 bits per heavy atom. The van der Waals surface area contributed by atoms with Gasteiger partial charge in [-0.1, -0.05) is 25.1 Å². The summed E-state index contributed by atoms with van der Waals surface area (Å²) in [6, 6.07) is 14.7. The Labute approximate surface area is 142 Å². The molecule has 0 aromatic heterocycles. The van der Waals surface area contributed by atoms with Crippen LogP contribution in [0, 0.1) is 0 Å². The number of hydrogen-bond donors (Lipinski definition) is 3. The molecule has 0 fully saturated rings. The fourth-order valence-electron chi connectivity index (χ4n) is 2.33. The summed E-state index contributed by atoms with van der Waals surface area (Å²) in [5.41, 5.74) is 3.43. The molecule has 2 aromatic rings. The van der Waals surface area contributed by atoms with Gasteiger partial charge in [-0.15, -0.1) is 0 Å². The van der Waals surface area contributed by atoms with Crippen molar-refractivity contribution in [3.8, 4) is 0 Å². The first-order valence-corrected chi connectivity index (χ1v) is 8.02. The van der Waals surface area contributed by atoms with Crippen molar-refractivity contribution < 1.29 is 9.59 Å². The number of carbonyl (C=O) groups is 2. The Balaban J connectivity index is 1.99. The summed E-state index contributed by atoms with van der Waals surface area (Å²) >= 11 is 0. The van der Waals surface area contributed by atoms with Crippen molar-refractivity contribution in [3.05, 3.63) is 54.1 Å². The Morgan fingerprint density at radius 1 is 0.958 bits per heavy atom.